The van der Waals surface area contributed by atoms with Crippen LogP contribution in [0.5, 0.6) is 11.6 Å². The highest BCUT2D eigenvalue weighted by atomic mass is 16.5. The van der Waals surface area contributed by atoms with Crippen molar-refractivity contribution in [3.63, 3.8) is 0 Å². The average molecular weight is 400 g/mol. The zero-order chi connectivity index (χ0) is 21.3. The second kappa shape index (κ2) is 7.79. The van der Waals surface area contributed by atoms with Gasteiger partial charge in [-0.05, 0) is 49.4 Å². The number of fused-ring (bicyclic) bond motifs is 1. The molecule has 4 rings (SSSR count). The third-order valence-corrected chi connectivity index (χ3v) is 4.99. The Hall–Kier alpha value is -4.00. The van der Waals surface area contributed by atoms with Crippen molar-refractivity contribution >= 4 is 22.5 Å². The molecular weight excluding hydrogens is 380 g/mol. The van der Waals surface area contributed by atoms with Crippen molar-refractivity contribution < 1.29 is 14.6 Å². The fraction of sp³-hybridized carbons (Fsp3) is 0.130. The lowest BCUT2D eigenvalue weighted by molar-refractivity contribution is 0.0994. The van der Waals surface area contributed by atoms with Gasteiger partial charge in [0.15, 0.2) is 5.69 Å². The van der Waals surface area contributed by atoms with Crippen LogP contribution in [0.25, 0.3) is 22.2 Å². The molecule has 0 fully saturated rings. The maximum atomic E-state index is 12.6. The fourth-order valence-corrected chi connectivity index (χ4v) is 3.32. The predicted octanol–water partition coefficient (Wildman–Crippen LogP) is 5.19. The van der Waals surface area contributed by atoms with Gasteiger partial charge in [0.25, 0.3) is 5.91 Å². The first kappa shape index (κ1) is 19.3. The fourth-order valence-electron chi connectivity index (χ4n) is 3.32. The number of rotatable bonds is 4. The number of hydrogen-bond acceptors (Lipinski definition) is 5. The highest BCUT2D eigenvalue weighted by molar-refractivity contribution is 5.98. The number of hydrogen-bond donors (Lipinski definition) is 1. The molecule has 2 aromatic carbocycles. The van der Waals surface area contributed by atoms with Crippen LogP contribution in [0.2, 0.25) is 0 Å². The van der Waals surface area contributed by atoms with Crippen molar-refractivity contribution in [2.24, 2.45) is 17.3 Å². The SMILES string of the molecule is COc1ccc(-c2ccc(C(=O)N=Nc3c(O)n(C)c4ccccc34)c(C)n2)cc1. The number of aromatic hydroxyl groups is 1. The summed E-state index contributed by atoms with van der Waals surface area (Å²) < 4.78 is 6.77. The van der Waals surface area contributed by atoms with Gasteiger partial charge >= 0.3 is 0 Å². The monoisotopic (exact) mass is 400 g/mol. The second-order valence-corrected chi connectivity index (χ2v) is 6.81. The number of benzene rings is 2. The molecule has 7 nitrogen and oxygen atoms in total. The van der Waals surface area contributed by atoms with Crippen molar-refractivity contribution in [3.05, 3.63) is 71.9 Å². The summed E-state index contributed by atoms with van der Waals surface area (Å²) >= 11 is 0. The summed E-state index contributed by atoms with van der Waals surface area (Å²) in [5, 5.41) is 18.9. The highest BCUT2D eigenvalue weighted by Crippen LogP contribution is 2.37. The maximum Gasteiger partial charge on any atom is 0.297 e. The van der Waals surface area contributed by atoms with E-state index in [-0.39, 0.29) is 11.6 Å². The minimum Gasteiger partial charge on any atom is -0.497 e. The van der Waals surface area contributed by atoms with Gasteiger partial charge in [0.1, 0.15) is 5.75 Å². The van der Waals surface area contributed by atoms with Crippen molar-refractivity contribution in [1.82, 2.24) is 9.55 Å². The van der Waals surface area contributed by atoms with E-state index in [0.29, 0.717) is 11.3 Å². The normalized spacial score (nSPS) is 11.3. The van der Waals surface area contributed by atoms with Crippen LogP contribution in [0.4, 0.5) is 5.69 Å². The number of nitrogens with zero attached hydrogens (tertiary/aromatic N) is 4. The van der Waals surface area contributed by atoms with Gasteiger partial charge in [0, 0.05) is 18.0 Å². The molecule has 1 amide bonds. The Balaban J connectivity index is 1.62. The van der Waals surface area contributed by atoms with E-state index in [1.807, 2.05) is 48.5 Å². The Bertz CT molecular complexity index is 1270. The molecule has 7 heteroatoms. The van der Waals surface area contributed by atoms with Crippen molar-refractivity contribution in [2.75, 3.05) is 7.11 Å². The maximum absolute atomic E-state index is 12.6. The smallest absolute Gasteiger partial charge is 0.297 e. The third-order valence-electron chi connectivity index (χ3n) is 4.99. The Kier molecular flexibility index (Phi) is 5.02. The van der Waals surface area contributed by atoms with Crippen LogP contribution in [0.1, 0.15) is 16.1 Å². The van der Waals surface area contributed by atoms with Crippen LogP contribution in [-0.2, 0) is 7.05 Å². The lowest BCUT2D eigenvalue weighted by Gasteiger charge is -2.06. The van der Waals surface area contributed by atoms with E-state index in [1.54, 1.807) is 37.8 Å². The number of aryl methyl sites for hydroxylation is 2. The zero-order valence-electron chi connectivity index (χ0n) is 16.8. The van der Waals surface area contributed by atoms with Gasteiger partial charge < -0.3 is 14.4 Å². The van der Waals surface area contributed by atoms with E-state index in [9.17, 15) is 9.90 Å². The minimum absolute atomic E-state index is 0.0440. The number of azo groups is 1. The number of methoxy groups -OCH3 is 1. The van der Waals surface area contributed by atoms with Gasteiger partial charge in [0.05, 0.1) is 29.6 Å². The summed E-state index contributed by atoms with van der Waals surface area (Å²) in [4.78, 5) is 17.1. The lowest BCUT2D eigenvalue weighted by atomic mass is 10.1. The summed E-state index contributed by atoms with van der Waals surface area (Å²) in [5.41, 5.74) is 3.64. The van der Waals surface area contributed by atoms with Crippen LogP contribution >= 0.6 is 0 Å². The zero-order valence-corrected chi connectivity index (χ0v) is 16.8. The van der Waals surface area contributed by atoms with E-state index >= 15 is 0 Å². The van der Waals surface area contributed by atoms with Gasteiger partial charge in [-0.15, -0.1) is 10.2 Å². The molecule has 2 heterocycles. The van der Waals surface area contributed by atoms with E-state index in [2.05, 4.69) is 15.2 Å². The first-order valence-electron chi connectivity index (χ1n) is 9.34. The summed E-state index contributed by atoms with van der Waals surface area (Å²) in [6.45, 7) is 1.76. The minimum atomic E-state index is -0.520. The number of carbonyl (C=O) groups is 1. The van der Waals surface area contributed by atoms with E-state index in [1.165, 1.54) is 0 Å². The average Bonchev–Trinajstić information content (AvgIpc) is 3.02. The molecular formula is C23H20N4O3. The molecule has 0 aliphatic rings. The molecule has 1 N–H and O–H groups in total. The van der Waals surface area contributed by atoms with Crippen LogP contribution in [0.3, 0.4) is 0 Å². The number of amides is 1. The molecule has 0 saturated heterocycles. The molecule has 0 bridgehead atoms. The van der Waals surface area contributed by atoms with E-state index in [4.69, 9.17) is 4.74 Å². The molecule has 150 valence electrons. The van der Waals surface area contributed by atoms with Crippen LogP contribution in [0.15, 0.2) is 70.9 Å². The van der Waals surface area contributed by atoms with Gasteiger partial charge in [-0.3, -0.25) is 9.78 Å². The molecule has 0 unspecified atom stereocenters. The van der Waals surface area contributed by atoms with E-state index < -0.39 is 5.91 Å². The number of ether oxygens (including phenoxy) is 1. The second-order valence-electron chi connectivity index (χ2n) is 6.81. The first-order chi connectivity index (χ1) is 14.5. The Morgan fingerprint density at radius 3 is 2.50 bits per heavy atom. The lowest BCUT2D eigenvalue weighted by Crippen LogP contribution is -2.00. The molecule has 0 aliphatic heterocycles. The van der Waals surface area contributed by atoms with Crippen molar-refractivity contribution in [2.45, 2.75) is 6.92 Å². The number of para-hydroxylation sites is 1. The van der Waals surface area contributed by atoms with Crippen LogP contribution < -0.4 is 4.74 Å². The summed E-state index contributed by atoms with van der Waals surface area (Å²) in [6.07, 6.45) is 0. The topological polar surface area (TPSA) is 89.1 Å². The Morgan fingerprint density at radius 2 is 1.80 bits per heavy atom. The molecule has 30 heavy (non-hydrogen) atoms. The molecule has 0 aliphatic carbocycles. The van der Waals surface area contributed by atoms with Gasteiger partial charge in [0.2, 0.25) is 5.88 Å². The Labute approximate surface area is 173 Å². The molecule has 2 aromatic heterocycles. The van der Waals surface area contributed by atoms with Crippen molar-refractivity contribution in [3.8, 4) is 22.9 Å². The largest absolute Gasteiger partial charge is 0.497 e. The molecule has 0 saturated carbocycles. The molecule has 0 radical (unpaired) electrons. The number of carbonyl (C=O) groups excluding carboxylic acids is 1. The standard InChI is InChI=1S/C23H20N4O3/c1-14-17(12-13-19(24-14)15-8-10-16(30-3)11-9-15)22(28)26-25-21-18-6-4-5-7-20(18)27(2)23(21)29/h4-13,29H,1-3H3. The molecule has 0 atom stereocenters. The van der Waals surface area contributed by atoms with Crippen molar-refractivity contribution in [1.29, 1.82) is 0 Å². The van der Waals surface area contributed by atoms with E-state index in [0.717, 1.165) is 27.9 Å². The summed E-state index contributed by atoms with van der Waals surface area (Å²) in [6, 6.07) is 18.4. The number of aromatic nitrogens is 2. The summed E-state index contributed by atoms with van der Waals surface area (Å²) in [5.74, 6) is 0.199. The third kappa shape index (κ3) is 3.41. The van der Waals surface area contributed by atoms with Gasteiger partial charge in [-0.1, -0.05) is 18.2 Å². The highest BCUT2D eigenvalue weighted by Gasteiger charge is 2.15. The van der Waals surface area contributed by atoms with Gasteiger partial charge in [-0.2, -0.15) is 0 Å². The molecule has 4 aromatic rings. The molecule has 0 spiro atoms. The summed E-state index contributed by atoms with van der Waals surface area (Å²) in [7, 11) is 3.34. The first-order valence-corrected chi connectivity index (χ1v) is 9.34. The van der Waals surface area contributed by atoms with Crippen LogP contribution in [-0.4, -0.2) is 27.7 Å². The Morgan fingerprint density at radius 1 is 1.07 bits per heavy atom. The predicted molar refractivity (Wildman–Crippen MR) is 114 cm³/mol. The van der Waals surface area contributed by atoms with Gasteiger partial charge in [-0.25, -0.2) is 0 Å². The van der Waals surface area contributed by atoms with Crippen LogP contribution in [0, 0.1) is 6.92 Å². The quantitative estimate of drug-likeness (QED) is 0.478. The number of pyridine rings is 1.